The first-order valence-corrected chi connectivity index (χ1v) is 9.83. The quantitative estimate of drug-likeness (QED) is 0.794. The maximum atomic E-state index is 12.5. The van der Waals surface area contributed by atoms with Crippen molar-refractivity contribution in [2.24, 2.45) is 5.41 Å². The SMILES string of the molecule is CCN(C)CC(=O)N1CCC2(CCCN(CCc3ccccc3)C2)C1. The Morgan fingerprint density at radius 3 is 2.72 bits per heavy atom. The first-order valence-electron chi connectivity index (χ1n) is 9.83. The van der Waals surface area contributed by atoms with Gasteiger partial charge in [0.15, 0.2) is 0 Å². The van der Waals surface area contributed by atoms with Crippen LogP contribution in [0.4, 0.5) is 0 Å². The van der Waals surface area contributed by atoms with Crippen LogP contribution >= 0.6 is 0 Å². The van der Waals surface area contributed by atoms with Crippen molar-refractivity contribution in [2.45, 2.75) is 32.6 Å². The van der Waals surface area contributed by atoms with E-state index in [-0.39, 0.29) is 0 Å². The van der Waals surface area contributed by atoms with Crippen LogP contribution in [-0.4, -0.2) is 73.5 Å². The lowest BCUT2D eigenvalue weighted by molar-refractivity contribution is -0.131. The summed E-state index contributed by atoms with van der Waals surface area (Å²) >= 11 is 0. The van der Waals surface area contributed by atoms with Gasteiger partial charge in [0.1, 0.15) is 0 Å². The molecule has 0 radical (unpaired) electrons. The zero-order valence-corrected chi connectivity index (χ0v) is 15.9. The average molecular weight is 344 g/mol. The molecule has 25 heavy (non-hydrogen) atoms. The number of piperidine rings is 1. The van der Waals surface area contributed by atoms with Crippen molar-refractivity contribution >= 4 is 5.91 Å². The molecule has 0 bridgehead atoms. The van der Waals surface area contributed by atoms with E-state index in [0.29, 0.717) is 17.9 Å². The topological polar surface area (TPSA) is 26.8 Å². The van der Waals surface area contributed by atoms with E-state index in [4.69, 9.17) is 0 Å². The molecule has 1 unspecified atom stereocenters. The highest BCUT2D eigenvalue weighted by Crippen LogP contribution is 2.39. The monoisotopic (exact) mass is 343 g/mol. The van der Waals surface area contributed by atoms with Crippen molar-refractivity contribution in [3.63, 3.8) is 0 Å². The Hall–Kier alpha value is -1.39. The van der Waals surface area contributed by atoms with Crippen LogP contribution in [0.25, 0.3) is 0 Å². The molecule has 0 aliphatic carbocycles. The number of likely N-dealkylation sites (tertiary alicyclic amines) is 2. The Bertz CT molecular complexity index is 562. The summed E-state index contributed by atoms with van der Waals surface area (Å²) in [5.74, 6) is 0.308. The van der Waals surface area contributed by atoms with Crippen LogP contribution in [0.1, 0.15) is 31.7 Å². The van der Waals surface area contributed by atoms with Crippen molar-refractivity contribution in [1.29, 1.82) is 0 Å². The maximum Gasteiger partial charge on any atom is 0.236 e. The zero-order valence-electron chi connectivity index (χ0n) is 15.9. The summed E-state index contributed by atoms with van der Waals surface area (Å²) in [6, 6.07) is 10.8. The Labute approximate surface area is 152 Å². The lowest BCUT2D eigenvalue weighted by atomic mass is 9.79. The van der Waals surface area contributed by atoms with Gasteiger partial charge in [-0.3, -0.25) is 9.69 Å². The van der Waals surface area contributed by atoms with Gasteiger partial charge in [-0.05, 0) is 51.4 Å². The number of rotatable bonds is 6. The zero-order chi connectivity index (χ0) is 17.7. The highest BCUT2D eigenvalue weighted by atomic mass is 16.2. The van der Waals surface area contributed by atoms with Crippen molar-refractivity contribution < 1.29 is 4.79 Å². The van der Waals surface area contributed by atoms with E-state index in [1.165, 1.54) is 31.4 Å². The molecule has 4 heteroatoms. The molecule has 2 saturated heterocycles. The largest absolute Gasteiger partial charge is 0.341 e. The van der Waals surface area contributed by atoms with Crippen molar-refractivity contribution in [2.75, 3.05) is 52.9 Å². The third-order valence-electron chi connectivity index (χ3n) is 6.04. The van der Waals surface area contributed by atoms with Gasteiger partial charge >= 0.3 is 0 Å². The number of carbonyl (C=O) groups excluding carboxylic acids is 1. The average Bonchev–Trinajstić information content (AvgIpc) is 3.04. The van der Waals surface area contributed by atoms with Gasteiger partial charge in [-0.15, -0.1) is 0 Å². The Kier molecular flexibility index (Phi) is 6.13. The minimum absolute atomic E-state index is 0.308. The smallest absolute Gasteiger partial charge is 0.236 e. The van der Waals surface area contributed by atoms with Gasteiger partial charge < -0.3 is 9.80 Å². The van der Waals surface area contributed by atoms with E-state index < -0.39 is 0 Å². The molecular formula is C21H33N3O. The minimum atomic E-state index is 0.308. The summed E-state index contributed by atoms with van der Waals surface area (Å²) in [6.45, 7) is 9.01. The van der Waals surface area contributed by atoms with Crippen LogP contribution in [-0.2, 0) is 11.2 Å². The fourth-order valence-electron chi connectivity index (χ4n) is 4.36. The summed E-state index contributed by atoms with van der Waals surface area (Å²) < 4.78 is 0. The third-order valence-corrected chi connectivity index (χ3v) is 6.04. The molecule has 1 aromatic rings. The van der Waals surface area contributed by atoms with Gasteiger partial charge in [0.25, 0.3) is 0 Å². The predicted octanol–water partition coefficient (Wildman–Crippen LogP) is 2.50. The lowest BCUT2D eigenvalue weighted by Crippen LogP contribution is -2.46. The molecule has 1 aromatic carbocycles. The van der Waals surface area contributed by atoms with Crippen molar-refractivity contribution in [3.05, 3.63) is 35.9 Å². The summed E-state index contributed by atoms with van der Waals surface area (Å²) in [7, 11) is 2.02. The highest BCUT2D eigenvalue weighted by Gasteiger charge is 2.42. The molecule has 0 N–H and O–H groups in total. The molecular weight excluding hydrogens is 310 g/mol. The van der Waals surface area contributed by atoms with E-state index in [0.717, 1.165) is 39.1 Å². The number of amides is 1. The molecule has 1 amide bonds. The van der Waals surface area contributed by atoms with Crippen LogP contribution in [0.3, 0.4) is 0 Å². The molecule has 2 fully saturated rings. The predicted molar refractivity (Wildman–Crippen MR) is 103 cm³/mol. The molecule has 0 saturated carbocycles. The standard InChI is InChI=1S/C21H33N3O/c1-3-22(2)16-20(25)24-15-12-21(18-24)11-7-13-23(17-21)14-10-19-8-5-4-6-9-19/h4-6,8-9H,3,7,10-18H2,1-2H3. The first-order chi connectivity index (χ1) is 12.1. The van der Waals surface area contributed by atoms with Crippen molar-refractivity contribution in [3.8, 4) is 0 Å². The second-order valence-corrected chi connectivity index (χ2v) is 8.01. The van der Waals surface area contributed by atoms with E-state index in [1.807, 2.05) is 7.05 Å². The van der Waals surface area contributed by atoms with Gasteiger partial charge in [0, 0.05) is 31.6 Å². The minimum Gasteiger partial charge on any atom is -0.341 e. The number of carbonyl (C=O) groups is 1. The molecule has 1 spiro atoms. The van der Waals surface area contributed by atoms with E-state index in [9.17, 15) is 4.79 Å². The van der Waals surface area contributed by atoms with E-state index in [1.54, 1.807) is 0 Å². The fraction of sp³-hybridized carbons (Fsp3) is 0.667. The highest BCUT2D eigenvalue weighted by molar-refractivity contribution is 5.78. The molecule has 0 aromatic heterocycles. The lowest BCUT2D eigenvalue weighted by Gasteiger charge is -2.40. The molecule has 1 atom stereocenters. The Balaban J connectivity index is 1.51. The molecule has 2 aliphatic rings. The van der Waals surface area contributed by atoms with Crippen LogP contribution in [0, 0.1) is 5.41 Å². The van der Waals surface area contributed by atoms with E-state index >= 15 is 0 Å². The molecule has 2 heterocycles. The number of hydrogen-bond acceptors (Lipinski definition) is 3. The van der Waals surface area contributed by atoms with Gasteiger partial charge in [-0.25, -0.2) is 0 Å². The molecule has 2 aliphatic heterocycles. The van der Waals surface area contributed by atoms with E-state index in [2.05, 4.69) is 52.0 Å². The maximum absolute atomic E-state index is 12.5. The second kappa shape index (κ2) is 8.33. The first kappa shape index (κ1) is 18.4. The molecule has 138 valence electrons. The number of benzene rings is 1. The molecule has 4 nitrogen and oxygen atoms in total. The van der Waals surface area contributed by atoms with Gasteiger partial charge in [0.2, 0.25) is 5.91 Å². The second-order valence-electron chi connectivity index (χ2n) is 8.01. The Morgan fingerprint density at radius 1 is 1.16 bits per heavy atom. The summed E-state index contributed by atoms with van der Waals surface area (Å²) in [5, 5.41) is 0. The number of nitrogens with zero attached hydrogens (tertiary/aromatic N) is 3. The van der Waals surface area contributed by atoms with Crippen LogP contribution < -0.4 is 0 Å². The summed E-state index contributed by atoms with van der Waals surface area (Å²) in [4.78, 5) is 19.3. The van der Waals surface area contributed by atoms with Crippen LogP contribution in [0.5, 0.6) is 0 Å². The van der Waals surface area contributed by atoms with Crippen LogP contribution in [0.15, 0.2) is 30.3 Å². The van der Waals surface area contributed by atoms with Crippen molar-refractivity contribution in [1.82, 2.24) is 14.7 Å². The van der Waals surface area contributed by atoms with Crippen LogP contribution in [0.2, 0.25) is 0 Å². The normalized spacial score (nSPS) is 24.4. The van der Waals surface area contributed by atoms with Gasteiger partial charge in [-0.1, -0.05) is 37.3 Å². The molecule has 3 rings (SSSR count). The van der Waals surface area contributed by atoms with Gasteiger partial charge in [-0.2, -0.15) is 0 Å². The third kappa shape index (κ3) is 4.83. The number of likely N-dealkylation sites (N-methyl/N-ethyl adjacent to an activating group) is 1. The Morgan fingerprint density at radius 2 is 1.96 bits per heavy atom. The summed E-state index contributed by atoms with van der Waals surface area (Å²) in [5.41, 5.74) is 1.77. The summed E-state index contributed by atoms with van der Waals surface area (Å²) in [6.07, 6.45) is 4.85. The fourth-order valence-corrected chi connectivity index (χ4v) is 4.36. The number of hydrogen-bond donors (Lipinski definition) is 0. The van der Waals surface area contributed by atoms with Gasteiger partial charge in [0.05, 0.1) is 6.54 Å².